The number of rotatable bonds is 3. The van der Waals surface area contributed by atoms with Crippen LogP contribution in [0.5, 0.6) is 5.75 Å². The smallest absolute Gasteiger partial charge is 0.244 e. The van der Waals surface area contributed by atoms with Gasteiger partial charge in [-0.15, -0.1) is 0 Å². The molecule has 2 aliphatic rings. The van der Waals surface area contributed by atoms with Gasteiger partial charge in [0.05, 0.1) is 31.5 Å². The van der Waals surface area contributed by atoms with E-state index in [-0.39, 0.29) is 43.2 Å². The quantitative estimate of drug-likeness (QED) is 0.288. The summed E-state index contributed by atoms with van der Waals surface area (Å²) >= 11 is 0. The second-order valence-corrected chi connectivity index (χ2v) is 12.9. The summed E-state index contributed by atoms with van der Waals surface area (Å²) in [6.07, 6.45) is 0.924. The van der Waals surface area contributed by atoms with Gasteiger partial charge in [0.15, 0.2) is 0 Å². The number of aliphatic hydroxyl groups excluding tert-OH is 3. The predicted molar refractivity (Wildman–Crippen MR) is 152 cm³/mol. The van der Waals surface area contributed by atoms with Crippen molar-refractivity contribution >= 4 is 21.0 Å². The molecule has 1 saturated carbocycles. The Hall–Kier alpha value is -3.32. The van der Waals surface area contributed by atoms with Crippen molar-refractivity contribution in [3.05, 3.63) is 78.8 Å². The molecule has 1 aliphatic carbocycles. The summed E-state index contributed by atoms with van der Waals surface area (Å²) in [6, 6.07) is 18.1. The highest BCUT2D eigenvalue weighted by Crippen LogP contribution is 2.41. The number of pyridine rings is 1. The van der Waals surface area contributed by atoms with Crippen molar-refractivity contribution in [3.8, 4) is 16.9 Å². The first kappa shape index (κ1) is 27.8. The average molecular weight is 580 g/mol. The van der Waals surface area contributed by atoms with E-state index in [0.29, 0.717) is 18.8 Å². The highest BCUT2D eigenvalue weighted by Gasteiger charge is 2.46. The SMILES string of the molecule is O=S1(=O)NC[C@H](O)CN(Cc2cc3ccccc3o2)CC2(COc3cc(-c4cccnc4)ccc31)C[C@@H](O)[C@@H](O)C2. The van der Waals surface area contributed by atoms with E-state index in [0.717, 1.165) is 22.1 Å². The van der Waals surface area contributed by atoms with Crippen LogP contribution in [0, 0.1) is 5.41 Å². The molecule has 0 bridgehead atoms. The molecule has 0 amide bonds. The monoisotopic (exact) mass is 579 g/mol. The summed E-state index contributed by atoms with van der Waals surface area (Å²) in [5.74, 6) is 0.834. The minimum atomic E-state index is -4.04. The molecule has 11 heteroatoms. The Morgan fingerprint density at radius 1 is 1.00 bits per heavy atom. The molecule has 4 aromatic rings. The van der Waals surface area contributed by atoms with Crippen LogP contribution in [0.1, 0.15) is 18.6 Å². The largest absolute Gasteiger partial charge is 0.492 e. The van der Waals surface area contributed by atoms with Crippen molar-refractivity contribution in [2.24, 2.45) is 5.41 Å². The number of aliphatic hydroxyl groups is 3. The van der Waals surface area contributed by atoms with Crippen LogP contribution >= 0.6 is 0 Å². The van der Waals surface area contributed by atoms with Gasteiger partial charge in [0, 0.05) is 48.4 Å². The summed E-state index contributed by atoms with van der Waals surface area (Å²) in [5.41, 5.74) is 1.55. The zero-order valence-corrected chi connectivity index (χ0v) is 23.2. The molecule has 3 heterocycles. The fraction of sp³-hybridized carbons (Fsp3) is 0.367. The first-order valence-electron chi connectivity index (χ1n) is 13.6. The normalized spacial score (nSPS) is 27.1. The Balaban J connectivity index is 1.36. The molecule has 0 radical (unpaired) electrons. The van der Waals surface area contributed by atoms with Gasteiger partial charge in [-0.25, -0.2) is 13.1 Å². The van der Waals surface area contributed by atoms with E-state index in [4.69, 9.17) is 9.15 Å². The number of ether oxygens (including phenoxy) is 1. The van der Waals surface area contributed by atoms with Crippen LogP contribution < -0.4 is 9.46 Å². The van der Waals surface area contributed by atoms with E-state index in [2.05, 4.69) is 9.71 Å². The van der Waals surface area contributed by atoms with Crippen LogP contribution in [0.2, 0.25) is 0 Å². The summed E-state index contributed by atoms with van der Waals surface area (Å²) < 4.78 is 41.6. The number of aromatic nitrogens is 1. The third-order valence-corrected chi connectivity index (χ3v) is 9.35. The lowest BCUT2D eigenvalue weighted by Gasteiger charge is -2.36. The maximum absolute atomic E-state index is 13.4. The fourth-order valence-corrected chi connectivity index (χ4v) is 7.16. The Morgan fingerprint density at radius 3 is 2.56 bits per heavy atom. The minimum Gasteiger partial charge on any atom is -0.492 e. The summed E-state index contributed by atoms with van der Waals surface area (Å²) in [5, 5.41) is 33.1. The first-order chi connectivity index (χ1) is 19.7. The Bertz CT molecular complexity index is 1580. The molecule has 2 aromatic carbocycles. The van der Waals surface area contributed by atoms with Crippen molar-refractivity contribution in [3.63, 3.8) is 0 Å². The number of β-amino-alcohol motifs (C(OH)–C–C–N with tert-alkyl or cyclic N) is 1. The number of hydrogen-bond donors (Lipinski definition) is 4. The molecule has 4 atom stereocenters. The molecule has 2 aromatic heterocycles. The van der Waals surface area contributed by atoms with E-state index >= 15 is 0 Å². The van der Waals surface area contributed by atoms with Gasteiger partial charge in [-0.05, 0) is 48.7 Å². The standard InChI is InChI=1S/C30H33N3O7S/c34-23-15-32-41(37,38)29-8-7-20(22-5-3-9-31-14-22)11-28(29)39-19-30(12-25(35)26(36)13-30)18-33(16-23)17-24-10-21-4-1-2-6-27(21)40-24/h1-11,14,23,25-26,32,34-36H,12-13,15-19H2/t23-,25-,26+,30?/m0/s1. The van der Waals surface area contributed by atoms with E-state index in [1.54, 1.807) is 30.6 Å². The molecular formula is C30H33N3O7S. The van der Waals surface area contributed by atoms with Crippen LogP contribution in [0.25, 0.3) is 22.1 Å². The minimum absolute atomic E-state index is 0.0485. The second-order valence-electron chi connectivity index (χ2n) is 11.2. The van der Waals surface area contributed by atoms with Crippen LogP contribution in [-0.2, 0) is 16.6 Å². The van der Waals surface area contributed by atoms with Gasteiger partial charge >= 0.3 is 0 Å². The van der Waals surface area contributed by atoms with Crippen molar-refractivity contribution < 1.29 is 32.9 Å². The van der Waals surface area contributed by atoms with E-state index in [1.807, 2.05) is 41.3 Å². The van der Waals surface area contributed by atoms with Gasteiger partial charge in [0.1, 0.15) is 22.0 Å². The van der Waals surface area contributed by atoms with E-state index in [9.17, 15) is 23.7 Å². The average Bonchev–Trinajstić information content (AvgIpc) is 3.49. The molecule has 0 saturated heterocycles. The van der Waals surface area contributed by atoms with Gasteiger partial charge in [-0.2, -0.15) is 0 Å². The van der Waals surface area contributed by atoms with Crippen molar-refractivity contribution in [2.75, 3.05) is 26.2 Å². The number of benzene rings is 2. The van der Waals surface area contributed by atoms with Crippen LogP contribution in [-0.4, -0.2) is 78.2 Å². The molecule has 41 heavy (non-hydrogen) atoms. The maximum Gasteiger partial charge on any atom is 0.244 e. The predicted octanol–water partition coefficient (Wildman–Crippen LogP) is 2.53. The van der Waals surface area contributed by atoms with Gasteiger partial charge in [-0.3, -0.25) is 9.88 Å². The lowest BCUT2D eigenvalue weighted by atomic mass is 9.85. The summed E-state index contributed by atoms with van der Waals surface area (Å²) in [7, 11) is -4.04. The number of para-hydroxylation sites is 1. The number of furan rings is 1. The number of nitrogens with one attached hydrogen (secondary N) is 1. The summed E-state index contributed by atoms with van der Waals surface area (Å²) in [4.78, 5) is 6.08. The fourth-order valence-electron chi connectivity index (χ4n) is 5.96. The lowest BCUT2D eigenvalue weighted by molar-refractivity contribution is 0.0400. The van der Waals surface area contributed by atoms with Gasteiger partial charge in [-0.1, -0.05) is 30.3 Å². The zero-order chi connectivity index (χ0) is 28.6. The van der Waals surface area contributed by atoms with Gasteiger partial charge in [0.25, 0.3) is 0 Å². The zero-order valence-electron chi connectivity index (χ0n) is 22.4. The molecule has 1 spiro atoms. The second kappa shape index (κ2) is 11.2. The third kappa shape index (κ3) is 6.01. The molecular weight excluding hydrogens is 546 g/mol. The van der Waals surface area contributed by atoms with Crippen LogP contribution in [0.15, 0.2) is 82.4 Å². The van der Waals surface area contributed by atoms with Gasteiger partial charge < -0.3 is 24.5 Å². The molecule has 4 N–H and O–H groups in total. The Labute approximate surface area is 238 Å². The van der Waals surface area contributed by atoms with E-state index in [1.165, 1.54) is 6.07 Å². The topological polar surface area (TPSA) is 145 Å². The number of sulfonamides is 1. The number of fused-ring (bicyclic) bond motifs is 2. The first-order valence-corrected chi connectivity index (χ1v) is 15.1. The van der Waals surface area contributed by atoms with Gasteiger partial charge in [0.2, 0.25) is 10.0 Å². The van der Waals surface area contributed by atoms with Crippen molar-refractivity contribution in [1.82, 2.24) is 14.6 Å². The van der Waals surface area contributed by atoms with Crippen molar-refractivity contribution in [2.45, 2.75) is 42.6 Å². The number of nitrogens with zero attached hydrogens (tertiary/aromatic N) is 2. The Kier molecular flexibility index (Phi) is 7.58. The molecule has 10 nitrogen and oxygen atoms in total. The highest BCUT2D eigenvalue weighted by atomic mass is 32.2. The Morgan fingerprint density at radius 2 is 1.80 bits per heavy atom. The maximum atomic E-state index is 13.4. The molecule has 1 unspecified atom stereocenters. The van der Waals surface area contributed by atoms with Crippen molar-refractivity contribution in [1.29, 1.82) is 0 Å². The van der Waals surface area contributed by atoms with E-state index < -0.39 is 33.8 Å². The lowest BCUT2D eigenvalue weighted by Crippen LogP contribution is -2.46. The molecule has 6 rings (SSSR count). The summed E-state index contributed by atoms with van der Waals surface area (Å²) in [6.45, 7) is 0.696. The van der Waals surface area contributed by atoms with Crippen LogP contribution in [0.3, 0.4) is 0 Å². The molecule has 1 fully saturated rings. The number of hydrogen-bond acceptors (Lipinski definition) is 9. The highest BCUT2D eigenvalue weighted by molar-refractivity contribution is 7.89. The third-order valence-electron chi connectivity index (χ3n) is 7.88. The molecule has 1 aliphatic heterocycles. The molecule has 216 valence electrons. The van der Waals surface area contributed by atoms with Crippen LogP contribution in [0.4, 0.5) is 0 Å².